The molecule has 0 bridgehead atoms. The first-order valence-electron chi connectivity index (χ1n) is 9.06. The zero-order chi connectivity index (χ0) is 20.8. The second kappa shape index (κ2) is 9.27. The van der Waals surface area contributed by atoms with Crippen LogP contribution in [0.2, 0.25) is 0 Å². The normalized spacial score (nSPS) is 10.7. The lowest BCUT2D eigenvalue weighted by Gasteiger charge is -2.05. The van der Waals surface area contributed by atoms with Crippen molar-refractivity contribution in [2.24, 2.45) is 0 Å². The number of ether oxygens (including phenoxy) is 2. The Balaban J connectivity index is 1.26. The van der Waals surface area contributed by atoms with Gasteiger partial charge >= 0.3 is 5.97 Å². The van der Waals surface area contributed by atoms with Crippen molar-refractivity contribution < 1.29 is 18.7 Å². The van der Waals surface area contributed by atoms with E-state index in [-0.39, 0.29) is 19.0 Å². The lowest BCUT2D eigenvalue weighted by molar-refractivity contribution is 0.0468. The molecule has 9 heteroatoms. The zero-order valence-electron chi connectivity index (χ0n) is 15.8. The van der Waals surface area contributed by atoms with Crippen molar-refractivity contribution in [3.63, 3.8) is 0 Å². The molecule has 0 unspecified atom stereocenters. The molecule has 7 nitrogen and oxygen atoms in total. The van der Waals surface area contributed by atoms with Crippen LogP contribution in [0.15, 0.2) is 66.6 Å². The zero-order valence-corrected chi connectivity index (χ0v) is 16.6. The van der Waals surface area contributed by atoms with Crippen LogP contribution in [-0.4, -0.2) is 25.7 Å². The minimum absolute atomic E-state index is 0.0760. The van der Waals surface area contributed by atoms with E-state index in [1.165, 1.54) is 29.8 Å². The number of hydrogen-bond acceptors (Lipinski definition) is 7. The lowest BCUT2D eigenvalue weighted by atomic mass is 10.1. The van der Waals surface area contributed by atoms with Gasteiger partial charge in [-0.15, -0.1) is 11.3 Å². The first kappa shape index (κ1) is 19.7. The van der Waals surface area contributed by atoms with Crippen molar-refractivity contribution in [3.05, 3.63) is 94.2 Å². The Morgan fingerprint density at radius 1 is 1.07 bits per heavy atom. The van der Waals surface area contributed by atoms with E-state index in [0.717, 1.165) is 10.6 Å². The topological polar surface area (TPSA) is 79.1 Å². The summed E-state index contributed by atoms with van der Waals surface area (Å²) in [6, 6.07) is 12.9. The van der Waals surface area contributed by atoms with E-state index in [1.54, 1.807) is 35.3 Å². The van der Waals surface area contributed by atoms with Crippen LogP contribution >= 0.6 is 11.3 Å². The summed E-state index contributed by atoms with van der Waals surface area (Å²) in [4.78, 5) is 20.6. The SMILES string of the molecule is O=C(OCc1csc(COc2ccc(F)cc2)n1)c1ccc(Cn2cncn2)cc1. The Morgan fingerprint density at radius 2 is 1.87 bits per heavy atom. The predicted octanol–water partition coefficient (Wildman–Crippen LogP) is 3.86. The molecule has 2 heterocycles. The van der Waals surface area contributed by atoms with Crippen molar-refractivity contribution in [1.82, 2.24) is 19.7 Å². The van der Waals surface area contributed by atoms with Gasteiger partial charge in [0.2, 0.25) is 0 Å². The van der Waals surface area contributed by atoms with E-state index in [9.17, 15) is 9.18 Å². The van der Waals surface area contributed by atoms with Crippen LogP contribution in [0.5, 0.6) is 5.75 Å². The minimum atomic E-state index is -0.417. The summed E-state index contributed by atoms with van der Waals surface area (Å²) in [7, 11) is 0. The number of aromatic nitrogens is 4. The average Bonchev–Trinajstić information content (AvgIpc) is 3.44. The maximum absolute atomic E-state index is 12.9. The van der Waals surface area contributed by atoms with Crippen LogP contribution in [0.4, 0.5) is 4.39 Å². The molecule has 4 aromatic rings. The number of carbonyl (C=O) groups is 1. The lowest BCUT2D eigenvalue weighted by Crippen LogP contribution is -2.06. The number of rotatable bonds is 8. The monoisotopic (exact) mass is 424 g/mol. The van der Waals surface area contributed by atoms with Crippen LogP contribution < -0.4 is 4.74 Å². The molecule has 30 heavy (non-hydrogen) atoms. The molecule has 0 aliphatic carbocycles. The average molecular weight is 424 g/mol. The summed E-state index contributed by atoms with van der Waals surface area (Å²) in [5.41, 5.74) is 2.11. The summed E-state index contributed by atoms with van der Waals surface area (Å²) < 4.78 is 25.5. The summed E-state index contributed by atoms with van der Waals surface area (Å²) in [6.45, 7) is 0.918. The molecule has 0 aliphatic heterocycles. The largest absolute Gasteiger partial charge is 0.486 e. The van der Waals surface area contributed by atoms with E-state index in [0.29, 0.717) is 23.6 Å². The maximum Gasteiger partial charge on any atom is 0.338 e. The Kier molecular flexibility index (Phi) is 6.09. The molecular weight excluding hydrogens is 407 g/mol. The predicted molar refractivity (Wildman–Crippen MR) is 108 cm³/mol. The molecule has 0 atom stereocenters. The smallest absolute Gasteiger partial charge is 0.338 e. The Morgan fingerprint density at radius 3 is 2.60 bits per heavy atom. The fourth-order valence-corrected chi connectivity index (χ4v) is 3.32. The van der Waals surface area contributed by atoms with E-state index in [4.69, 9.17) is 9.47 Å². The van der Waals surface area contributed by atoms with Gasteiger partial charge < -0.3 is 9.47 Å². The third-order valence-electron chi connectivity index (χ3n) is 4.13. The van der Waals surface area contributed by atoms with Gasteiger partial charge in [-0.3, -0.25) is 0 Å². The van der Waals surface area contributed by atoms with Crippen molar-refractivity contribution in [3.8, 4) is 5.75 Å². The van der Waals surface area contributed by atoms with Crippen molar-refractivity contribution in [2.75, 3.05) is 0 Å². The summed E-state index contributed by atoms with van der Waals surface area (Å²) in [5, 5.41) is 6.61. The van der Waals surface area contributed by atoms with Crippen LogP contribution in [0, 0.1) is 5.82 Å². The van der Waals surface area contributed by atoms with E-state index in [2.05, 4.69) is 15.1 Å². The highest BCUT2D eigenvalue weighted by molar-refractivity contribution is 7.09. The van der Waals surface area contributed by atoms with Crippen LogP contribution in [0.1, 0.15) is 26.6 Å². The number of hydrogen-bond donors (Lipinski definition) is 0. The summed E-state index contributed by atoms with van der Waals surface area (Å²) in [5.74, 6) is -0.170. The van der Waals surface area contributed by atoms with Crippen molar-refractivity contribution >= 4 is 17.3 Å². The van der Waals surface area contributed by atoms with Gasteiger partial charge in [-0.25, -0.2) is 23.8 Å². The van der Waals surface area contributed by atoms with Gasteiger partial charge in [-0.05, 0) is 42.0 Å². The molecular formula is C21H17FN4O3S. The minimum Gasteiger partial charge on any atom is -0.486 e. The molecule has 0 amide bonds. The Bertz CT molecular complexity index is 1100. The van der Waals surface area contributed by atoms with Gasteiger partial charge in [0.15, 0.2) is 0 Å². The fourth-order valence-electron chi connectivity index (χ4n) is 2.63. The third-order valence-corrected chi connectivity index (χ3v) is 5.00. The summed E-state index contributed by atoms with van der Waals surface area (Å²) >= 11 is 1.41. The first-order valence-corrected chi connectivity index (χ1v) is 9.94. The summed E-state index contributed by atoms with van der Waals surface area (Å²) in [6.07, 6.45) is 3.11. The van der Waals surface area contributed by atoms with E-state index >= 15 is 0 Å². The van der Waals surface area contributed by atoms with E-state index < -0.39 is 5.97 Å². The molecule has 0 aliphatic rings. The molecule has 2 aromatic carbocycles. The molecule has 0 saturated heterocycles. The fraction of sp³-hybridized carbons (Fsp3) is 0.143. The number of carbonyl (C=O) groups excluding carboxylic acids is 1. The number of halogens is 1. The van der Waals surface area contributed by atoms with Gasteiger partial charge in [0, 0.05) is 5.38 Å². The quantitative estimate of drug-likeness (QED) is 0.400. The van der Waals surface area contributed by atoms with Crippen LogP contribution in [0.25, 0.3) is 0 Å². The van der Waals surface area contributed by atoms with Crippen molar-refractivity contribution in [1.29, 1.82) is 0 Å². The molecule has 0 N–H and O–H groups in total. The molecule has 0 spiro atoms. The van der Waals surface area contributed by atoms with Crippen LogP contribution in [0.3, 0.4) is 0 Å². The molecule has 0 fully saturated rings. The second-order valence-electron chi connectivity index (χ2n) is 6.34. The number of benzene rings is 2. The molecule has 0 saturated carbocycles. The number of nitrogens with zero attached hydrogens (tertiary/aromatic N) is 4. The highest BCUT2D eigenvalue weighted by Gasteiger charge is 2.10. The van der Waals surface area contributed by atoms with Gasteiger partial charge in [0.05, 0.1) is 17.8 Å². The van der Waals surface area contributed by atoms with Gasteiger partial charge in [-0.1, -0.05) is 12.1 Å². The van der Waals surface area contributed by atoms with Gasteiger partial charge in [0.1, 0.15) is 42.4 Å². The van der Waals surface area contributed by atoms with Crippen molar-refractivity contribution in [2.45, 2.75) is 19.8 Å². The standard InChI is InChI=1S/C21H17FN4O3S/c22-17-5-7-19(8-6-17)28-11-20-25-18(12-30-20)10-29-21(27)16-3-1-15(2-4-16)9-26-14-23-13-24-26/h1-8,12-14H,9-11H2. The van der Waals surface area contributed by atoms with Crippen LogP contribution in [-0.2, 0) is 24.5 Å². The maximum atomic E-state index is 12.9. The molecule has 152 valence electrons. The molecule has 2 aromatic heterocycles. The highest BCUT2D eigenvalue weighted by Crippen LogP contribution is 2.17. The van der Waals surface area contributed by atoms with Gasteiger partial charge in [-0.2, -0.15) is 5.10 Å². The number of thiazole rings is 1. The molecule has 4 rings (SSSR count). The number of esters is 1. The first-order chi connectivity index (χ1) is 14.7. The third kappa shape index (κ3) is 5.26. The highest BCUT2D eigenvalue weighted by atomic mass is 32.1. The van der Waals surface area contributed by atoms with Gasteiger partial charge in [0.25, 0.3) is 0 Å². The Hall–Kier alpha value is -3.59. The van der Waals surface area contributed by atoms with E-state index in [1.807, 2.05) is 17.5 Å². The Labute approximate surface area is 175 Å². The second-order valence-corrected chi connectivity index (χ2v) is 7.28. The molecule has 0 radical (unpaired) electrons.